The third-order valence-corrected chi connectivity index (χ3v) is 7.30. The highest BCUT2D eigenvalue weighted by molar-refractivity contribution is 8.26. The first-order valence-corrected chi connectivity index (χ1v) is 12.4. The van der Waals surface area contributed by atoms with Gasteiger partial charge in [-0.2, -0.15) is 15.1 Å². The minimum atomic E-state index is -0.399. The highest BCUT2D eigenvalue weighted by atomic mass is 35.5. The number of hydrogen-bond acceptors (Lipinski definition) is 4. The van der Waals surface area contributed by atoms with Crippen molar-refractivity contribution in [2.45, 2.75) is 59.8 Å². The number of aliphatic imine (C=N–C) groups is 1. The molecule has 1 N–H and O–H groups in total. The van der Waals surface area contributed by atoms with E-state index in [4.69, 9.17) is 17.0 Å². The largest absolute Gasteiger partial charge is 0.318 e. The summed E-state index contributed by atoms with van der Waals surface area (Å²) in [4.78, 5) is 17.0. The molecule has 0 saturated heterocycles. The Balaban J connectivity index is 1.61. The SMILES string of the molecule is CCCCCCC1=NN2C(=N)/C(=C\c3cc(C)n(-c4ccc(C)c(Cl)c4)c3C)C(=O)N=C2S1. The first kappa shape index (κ1) is 23.5. The third-order valence-electron chi connectivity index (χ3n) is 5.92. The molecule has 0 bridgehead atoms. The van der Waals surface area contributed by atoms with Gasteiger partial charge in [0.1, 0.15) is 5.04 Å². The van der Waals surface area contributed by atoms with E-state index in [2.05, 4.69) is 21.6 Å². The van der Waals surface area contributed by atoms with Crippen LogP contribution < -0.4 is 0 Å². The molecular formula is C25H28ClN5OS. The number of fused-ring (bicyclic) bond motifs is 1. The maximum atomic E-state index is 12.8. The van der Waals surface area contributed by atoms with Gasteiger partial charge in [0.25, 0.3) is 5.91 Å². The van der Waals surface area contributed by atoms with Crippen LogP contribution in [0.1, 0.15) is 61.5 Å². The van der Waals surface area contributed by atoms with Crippen molar-refractivity contribution in [1.29, 1.82) is 5.41 Å². The molecule has 2 aliphatic heterocycles. The van der Waals surface area contributed by atoms with E-state index in [0.717, 1.165) is 52.5 Å². The first-order chi connectivity index (χ1) is 15.8. The lowest BCUT2D eigenvalue weighted by molar-refractivity contribution is -0.114. The molecule has 1 aromatic heterocycles. The smallest absolute Gasteiger partial charge is 0.283 e. The summed E-state index contributed by atoms with van der Waals surface area (Å²) in [6, 6.07) is 7.97. The topological polar surface area (TPSA) is 73.8 Å². The van der Waals surface area contributed by atoms with E-state index in [9.17, 15) is 4.79 Å². The number of aryl methyl sites for hydroxylation is 2. The van der Waals surface area contributed by atoms with Crippen LogP contribution in [0.4, 0.5) is 0 Å². The number of halogens is 1. The molecule has 1 aromatic carbocycles. The number of aromatic nitrogens is 1. The van der Waals surface area contributed by atoms with Crippen LogP contribution in [0, 0.1) is 26.2 Å². The number of hydrazone groups is 1. The summed E-state index contributed by atoms with van der Waals surface area (Å²) < 4.78 is 2.10. The summed E-state index contributed by atoms with van der Waals surface area (Å²) >= 11 is 7.75. The van der Waals surface area contributed by atoms with Crippen molar-refractivity contribution in [3.63, 3.8) is 0 Å². The number of unbranched alkanes of at least 4 members (excludes halogenated alkanes) is 3. The van der Waals surface area contributed by atoms with Crippen LogP contribution in [0.2, 0.25) is 5.02 Å². The molecule has 2 aliphatic rings. The fraction of sp³-hybridized carbons (Fsp3) is 0.360. The van der Waals surface area contributed by atoms with E-state index in [1.807, 2.05) is 45.0 Å². The van der Waals surface area contributed by atoms with Crippen molar-refractivity contribution >= 4 is 51.4 Å². The van der Waals surface area contributed by atoms with E-state index < -0.39 is 5.91 Å². The van der Waals surface area contributed by atoms with E-state index in [1.54, 1.807) is 6.08 Å². The average Bonchev–Trinajstić information content (AvgIpc) is 3.30. The van der Waals surface area contributed by atoms with Crippen LogP contribution in [0.15, 0.2) is 39.9 Å². The van der Waals surface area contributed by atoms with Gasteiger partial charge in [0.05, 0.1) is 5.57 Å². The summed E-state index contributed by atoms with van der Waals surface area (Å²) in [5, 5.41) is 16.8. The summed E-state index contributed by atoms with van der Waals surface area (Å²) in [5.74, 6) is -0.325. The Morgan fingerprint density at radius 2 is 1.94 bits per heavy atom. The number of thioether (sulfide) groups is 1. The van der Waals surface area contributed by atoms with Crippen molar-refractivity contribution < 1.29 is 4.79 Å². The zero-order chi connectivity index (χ0) is 23.7. The van der Waals surface area contributed by atoms with Crippen molar-refractivity contribution in [3.05, 3.63) is 57.4 Å². The summed E-state index contributed by atoms with van der Waals surface area (Å²) in [6.45, 7) is 8.17. The minimum Gasteiger partial charge on any atom is -0.318 e. The maximum absolute atomic E-state index is 12.8. The van der Waals surface area contributed by atoms with Crippen molar-refractivity contribution in [3.8, 4) is 5.69 Å². The van der Waals surface area contributed by atoms with Gasteiger partial charge in [0, 0.05) is 22.1 Å². The average molecular weight is 482 g/mol. The molecule has 8 heteroatoms. The van der Waals surface area contributed by atoms with Crippen molar-refractivity contribution in [2.24, 2.45) is 10.1 Å². The lowest BCUT2D eigenvalue weighted by Crippen LogP contribution is -2.35. The second-order valence-electron chi connectivity index (χ2n) is 8.42. The standard InChI is InChI=1S/C25H28ClN5OS/c1-5-6-7-8-9-22-29-31-23(27)20(24(32)28-25(31)33-22)13-18-12-16(3)30(17(18)4)19-11-10-15(2)21(26)14-19/h10-14,27H,5-9H2,1-4H3/b20-13+,27-23?. The molecule has 0 atom stereocenters. The molecule has 0 aliphatic carbocycles. The third kappa shape index (κ3) is 4.70. The van der Waals surface area contributed by atoms with Gasteiger partial charge in [0.15, 0.2) is 5.84 Å². The van der Waals surface area contributed by atoms with Crippen LogP contribution in [-0.4, -0.2) is 31.5 Å². The van der Waals surface area contributed by atoms with Gasteiger partial charge in [-0.1, -0.05) is 43.9 Å². The lowest BCUT2D eigenvalue weighted by atomic mass is 10.1. The Hall–Kier alpha value is -2.64. The number of benzene rings is 1. The second kappa shape index (κ2) is 9.69. The highest BCUT2D eigenvalue weighted by Crippen LogP contribution is 2.31. The minimum absolute atomic E-state index is 0.0734. The fourth-order valence-corrected chi connectivity index (χ4v) is 5.14. The van der Waals surface area contributed by atoms with Crippen molar-refractivity contribution in [2.75, 3.05) is 0 Å². The molecule has 1 amide bonds. The summed E-state index contributed by atoms with van der Waals surface area (Å²) in [6.07, 6.45) is 7.20. The lowest BCUT2D eigenvalue weighted by Gasteiger charge is -2.20. The van der Waals surface area contributed by atoms with Gasteiger partial charge in [-0.25, -0.2) is 0 Å². The molecule has 0 unspecified atom stereocenters. The second-order valence-corrected chi connectivity index (χ2v) is 9.87. The highest BCUT2D eigenvalue weighted by Gasteiger charge is 2.35. The molecular weight excluding hydrogens is 454 g/mol. The van der Waals surface area contributed by atoms with Crippen LogP contribution in [0.25, 0.3) is 11.8 Å². The molecule has 6 nitrogen and oxygen atoms in total. The Kier molecular flexibility index (Phi) is 6.91. The van der Waals surface area contributed by atoms with Gasteiger partial charge in [0.2, 0.25) is 5.17 Å². The van der Waals surface area contributed by atoms with Crippen LogP contribution >= 0.6 is 23.4 Å². The van der Waals surface area contributed by atoms with Gasteiger partial charge in [-0.15, -0.1) is 0 Å². The number of amidine groups is 2. The van der Waals surface area contributed by atoms with Crippen LogP contribution in [-0.2, 0) is 4.79 Å². The van der Waals surface area contributed by atoms with E-state index >= 15 is 0 Å². The number of hydrogen-bond donors (Lipinski definition) is 1. The number of rotatable bonds is 7. The van der Waals surface area contributed by atoms with E-state index in [1.165, 1.54) is 29.6 Å². The summed E-state index contributed by atoms with van der Waals surface area (Å²) in [7, 11) is 0. The predicted molar refractivity (Wildman–Crippen MR) is 139 cm³/mol. The predicted octanol–water partition coefficient (Wildman–Crippen LogP) is 6.65. The molecule has 0 spiro atoms. The normalized spacial score (nSPS) is 17.0. The fourth-order valence-electron chi connectivity index (χ4n) is 4.04. The molecule has 0 radical (unpaired) electrons. The molecule has 0 saturated carbocycles. The first-order valence-electron chi connectivity index (χ1n) is 11.2. The molecule has 3 heterocycles. The molecule has 172 valence electrons. The van der Waals surface area contributed by atoms with Crippen LogP contribution in [0.3, 0.4) is 0 Å². The molecule has 4 rings (SSSR count). The zero-order valence-corrected chi connectivity index (χ0v) is 21.0. The molecule has 33 heavy (non-hydrogen) atoms. The Bertz CT molecular complexity index is 1220. The monoisotopic (exact) mass is 481 g/mol. The number of carbonyl (C=O) groups excluding carboxylic acids is 1. The van der Waals surface area contributed by atoms with E-state index in [0.29, 0.717) is 10.2 Å². The van der Waals surface area contributed by atoms with E-state index in [-0.39, 0.29) is 11.4 Å². The number of nitrogens with zero attached hydrogens (tertiary/aromatic N) is 4. The van der Waals surface area contributed by atoms with Gasteiger partial charge in [-0.05, 0) is 80.8 Å². The summed E-state index contributed by atoms with van der Waals surface area (Å²) in [5.41, 5.74) is 5.08. The quantitative estimate of drug-likeness (QED) is 0.355. The number of amides is 1. The molecule has 2 aromatic rings. The number of nitrogens with one attached hydrogen (secondary N) is 1. The van der Waals surface area contributed by atoms with Crippen molar-refractivity contribution in [1.82, 2.24) is 9.58 Å². The Labute approximate surface area is 203 Å². The molecule has 0 fully saturated rings. The number of carbonyl (C=O) groups is 1. The maximum Gasteiger partial charge on any atom is 0.283 e. The Morgan fingerprint density at radius 3 is 2.67 bits per heavy atom. The van der Waals surface area contributed by atoms with Crippen LogP contribution in [0.5, 0.6) is 0 Å². The zero-order valence-electron chi connectivity index (χ0n) is 19.4. The van der Waals surface area contributed by atoms with Gasteiger partial charge in [-0.3, -0.25) is 10.2 Å². The van der Waals surface area contributed by atoms with Gasteiger partial charge >= 0.3 is 0 Å². The van der Waals surface area contributed by atoms with Gasteiger partial charge < -0.3 is 4.57 Å². The Morgan fingerprint density at radius 1 is 1.15 bits per heavy atom.